The van der Waals surface area contributed by atoms with Gasteiger partial charge in [0.15, 0.2) is 0 Å². The average molecular weight is 271 g/mol. The van der Waals surface area contributed by atoms with Gasteiger partial charge in [-0.3, -0.25) is 9.78 Å². The zero-order valence-electron chi connectivity index (χ0n) is 10.2. The molecule has 19 heavy (non-hydrogen) atoms. The molecule has 2 heterocycles. The van der Waals surface area contributed by atoms with Gasteiger partial charge in [0, 0.05) is 35.7 Å². The Kier molecular flexibility index (Phi) is 3.39. The van der Waals surface area contributed by atoms with Gasteiger partial charge in [0.2, 0.25) is 0 Å². The third kappa shape index (κ3) is 2.89. The smallest absolute Gasteiger partial charge is 0.304 e. The molecule has 2 N–H and O–H groups in total. The Balaban J connectivity index is 1.66. The van der Waals surface area contributed by atoms with Crippen LogP contribution in [0.5, 0.6) is 0 Å². The van der Waals surface area contributed by atoms with Gasteiger partial charge in [-0.1, -0.05) is 23.5 Å². The molecule has 0 fully saturated rings. The quantitative estimate of drug-likeness (QED) is 0.765. The van der Waals surface area contributed by atoms with E-state index < -0.39 is 0 Å². The van der Waals surface area contributed by atoms with E-state index in [0.29, 0.717) is 6.54 Å². The van der Waals surface area contributed by atoms with Crippen molar-refractivity contribution in [1.29, 1.82) is 0 Å². The Bertz CT molecular complexity index is 747. The number of H-pyrrole nitrogens is 1. The number of hydrogen-bond donors (Lipinski definition) is 2. The van der Waals surface area contributed by atoms with Crippen LogP contribution >= 0.6 is 11.3 Å². The molecule has 0 saturated heterocycles. The van der Waals surface area contributed by atoms with E-state index in [-0.39, 0.29) is 4.87 Å². The zero-order chi connectivity index (χ0) is 13.1. The van der Waals surface area contributed by atoms with Gasteiger partial charge in [-0.15, -0.1) is 0 Å². The topological polar surface area (TPSA) is 57.8 Å². The summed E-state index contributed by atoms with van der Waals surface area (Å²) in [5, 5.41) is 6.30. The molecule has 0 aliphatic heterocycles. The monoisotopic (exact) mass is 271 g/mol. The van der Waals surface area contributed by atoms with Crippen molar-refractivity contribution in [3.63, 3.8) is 0 Å². The number of thiazole rings is 1. The zero-order valence-corrected chi connectivity index (χ0v) is 11.0. The van der Waals surface area contributed by atoms with Crippen molar-refractivity contribution < 1.29 is 0 Å². The molecule has 3 rings (SSSR count). The van der Waals surface area contributed by atoms with Crippen molar-refractivity contribution in [2.75, 3.05) is 0 Å². The maximum absolute atomic E-state index is 11.0. The van der Waals surface area contributed by atoms with Gasteiger partial charge >= 0.3 is 4.87 Å². The lowest BCUT2D eigenvalue weighted by Crippen LogP contribution is -2.13. The third-order valence-corrected chi connectivity index (χ3v) is 3.60. The number of hydrogen-bond acceptors (Lipinski definition) is 4. The molecule has 1 aromatic carbocycles. The number of aromatic amines is 1. The number of benzene rings is 1. The SMILES string of the molecule is O=c1[nH]c(CNCc2ccc3ncccc3c2)cs1. The van der Waals surface area contributed by atoms with Crippen LogP contribution in [-0.4, -0.2) is 9.97 Å². The second-order valence-electron chi connectivity index (χ2n) is 4.31. The minimum atomic E-state index is -0.00594. The first-order valence-electron chi connectivity index (χ1n) is 6.02. The van der Waals surface area contributed by atoms with Crippen molar-refractivity contribution in [3.8, 4) is 0 Å². The van der Waals surface area contributed by atoms with Gasteiger partial charge in [0.25, 0.3) is 0 Å². The van der Waals surface area contributed by atoms with E-state index in [1.807, 2.05) is 17.5 Å². The molecule has 96 valence electrons. The fraction of sp³-hybridized carbons (Fsp3) is 0.143. The third-order valence-electron chi connectivity index (χ3n) is 2.88. The largest absolute Gasteiger partial charge is 0.315 e. The fourth-order valence-electron chi connectivity index (χ4n) is 1.98. The van der Waals surface area contributed by atoms with Crippen molar-refractivity contribution in [1.82, 2.24) is 15.3 Å². The molecule has 4 nitrogen and oxygen atoms in total. The number of fused-ring (bicyclic) bond motifs is 1. The van der Waals surface area contributed by atoms with E-state index in [1.54, 1.807) is 6.20 Å². The highest BCUT2D eigenvalue weighted by Crippen LogP contribution is 2.13. The lowest BCUT2D eigenvalue weighted by molar-refractivity contribution is 0.682. The molecule has 0 unspecified atom stereocenters. The molecule has 3 aromatic rings. The predicted molar refractivity (Wildman–Crippen MR) is 77.2 cm³/mol. The molecular formula is C14H13N3OS. The van der Waals surface area contributed by atoms with Crippen molar-refractivity contribution in [2.45, 2.75) is 13.1 Å². The van der Waals surface area contributed by atoms with Gasteiger partial charge in [-0.25, -0.2) is 0 Å². The molecule has 0 radical (unpaired) electrons. The van der Waals surface area contributed by atoms with Crippen LogP contribution in [0.25, 0.3) is 10.9 Å². The van der Waals surface area contributed by atoms with Gasteiger partial charge in [-0.05, 0) is 23.8 Å². The van der Waals surface area contributed by atoms with E-state index in [4.69, 9.17) is 0 Å². The van der Waals surface area contributed by atoms with Gasteiger partial charge in [-0.2, -0.15) is 0 Å². The molecule has 0 aliphatic rings. The van der Waals surface area contributed by atoms with Crippen molar-refractivity contribution >= 4 is 22.2 Å². The van der Waals surface area contributed by atoms with Crippen LogP contribution in [0.15, 0.2) is 46.7 Å². The van der Waals surface area contributed by atoms with Crippen molar-refractivity contribution in [2.24, 2.45) is 0 Å². The molecule has 0 amide bonds. The maximum atomic E-state index is 11.0. The van der Waals surface area contributed by atoms with Crippen molar-refractivity contribution in [3.05, 3.63) is 62.8 Å². The average Bonchev–Trinajstić information content (AvgIpc) is 2.84. The first-order valence-corrected chi connectivity index (χ1v) is 6.90. The second-order valence-corrected chi connectivity index (χ2v) is 5.15. The second kappa shape index (κ2) is 5.34. The van der Waals surface area contributed by atoms with Crippen LogP contribution in [0.3, 0.4) is 0 Å². The lowest BCUT2D eigenvalue weighted by Gasteiger charge is -2.04. The summed E-state index contributed by atoms with van der Waals surface area (Å²) in [6, 6.07) is 10.2. The molecule has 5 heteroatoms. The minimum absolute atomic E-state index is 0.00594. The van der Waals surface area contributed by atoms with Gasteiger partial charge in [0.05, 0.1) is 5.52 Å². The van der Waals surface area contributed by atoms with E-state index >= 15 is 0 Å². The summed E-state index contributed by atoms with van der Waals surface area (Å²) in [6.07, 6.45) is 1.80. The van der Waals surface area contributed by atoms with E-state index in [0.717, 1.165) is 23.1 Å². The van der Waals surface area contributed by atoms with Gasteiger partial charge < -0.3 is 10.3 Å². The number of nitrogens with zero attached hydrogens (tertiary/aromatic N) is 1. The molecule has 0 atom stereocenters. The lowest BCUT2D eigenvalue weighted by atomic mass is 10.1. The Morgan fingerprint density at radius 1 is 1.26 bits per heavy atom. The first-order chi connectivity index (χ1) is 9.31. The van der Waals surface area contributed by atoms with E-state index in [1.165, 1.54) is 16.9 Å². The number of aromatic nitrogens is 2. The summed E-state index contributed by atoms with van der Waals surface area (Å²) in [5.41, 5.74) is 3.14. The van der Waals surface area contributed by atoms with E-state index in [9.17, 15) is 4.79 Å². The Morgan fingerprint density at radius 3 is 3.05 bits per heavy atom. The van der Waals surface area contributed by atoms with Crippen LogP contribution in [0, 0.1) is 0 Å². The molecule has 2 aromatic heterocycles. The minimum Gasteiger partial charge on any atom is -0.315 e. The molecule has 0 spiro atoms. The summed E-state index contributed by atoms with van der Waals surface area (Å²) in [5.74, 6) is 0. The highest BCUT2D eigenvalue weighted by Gasteiger charge is 1.99. The van der Waals surface area contributed by atoms with E-state index in [2.05, 4.69) is 33.5 Å². The standard InChI is InChI=1S/C14H13N3OS/c18-14-17-12(9-19-14)8-15-7-10-3-4-13-11(6-10)2-1-5-16-13/h1-6,9,15H,7-8H2,(H,17,18). The summed E-state index contributed by atoms with van der Waals surface area (Å²) in [6.45, 7) is 1.44. The Labute approximate surface area is 114 Å². The summed E-state index contributed by atoms with van der Waals surface area (Å²) >= 11 is 1.19. The van der Waals surface area contributed by atoms with Crippen LogP contribution in [0.2, 0.25) is 0 Å². The summed E-state index contributed by atoms with van der Waals surface area (Å²) in [7, 11) is 0. The van der Waals surface area contributed by atoms with Crippen LogP contribution in [-0.2, 0) is 13.1 Å². The molecule has 0 bridgehead atoms. The number of pyridine rings is 1. The Morgan fingerprint density at radius 2 is 2.21 bits per heavy atom. The predicted octanol–water partition coefficient (Wildman–Crippen LogP) is 2.27. The Hall–Kier alpha value is -1.98. The highest BCUT2D eigenvalue weighted by molar-refractivity contribution is 7.07. The maximum Gasteiger partial charge on any atom is 0.304 e. The van der Waals surface area contributed by atoms with Gasteiger partial charge in [0.1, 0.15) is 0 Å². The normalized spacial score (nSPS) is 10.9. The molecule has 0 aliphatic carbocycles. The number of rotatable bonds is 4. The highest BCUT2D eigenvalue weighted by atomic mass is 32.1. The van der Waals surface area contributed by atoms with Crippen LogP contribution in [0.4, 0.5) is 0 Å². The fourth-order valence-corrected chi connectivity index (χ4v) is 2.56. The van der Waals surface area contributed by atoms with Crippen LogP contribution < -0.4 is 10.2 Å². The molecule has 0 saturated carbocycles. The van der Waals surface area contributed by atoms with Crippen LogP contribution in [0.1, 0.15) is 11.3 Å². The first kappa shape index (κ1) is 12.1. The number of nitrogens with one attached hydrogen (secondary N) is 2. The summed E-state index contributed by atoms with van der Waals surface area (Å²) < 4.78 is 0. The molecular weight excluding hydrogens is 258 g/mol. The summed E-state index contributed by atoms with van der Waals surface area (Å²) in [4.78, 5) is 18.1.